The van der Waals surface area contributed by atoms with Gasteiger partial charge < -0.3 is 9.97 Å². The zero-order chi connectivity index (χ0) is 7.07. The van der Waals surface area contributed by atoms with Crippen LogP contribution in [0.5, 0.6) is 0 Å². The molecule has 0 saturated carbocycles. The lowest BCUT2D eigenvalue weighted by Crippen LogP contribution is -1.44. The summed E-state index contributed by atoms with van der Waals surface area (Å²) in [6, 6.07) is 0. The second kappa shape index (κ2) is 7.26. The molecule has 0 atom stereocenters. The van der Waals surface area contributed by atoms with Crippen molar-refractivity contribution in [1.29, 1.82) is 0 Å². The fraction of sp³-hybridized carbons (Fsp3) is 0. The van der Waals surface area contributed by atoms with Gasteiger partial charge in [-0.3, -0.25) is 0 Å². The molecule has 0 fully saturated rings. The average molecular weight is 264 g/mol. The molecule has 0 aliphatic carbocycles. The predicted octanol–water partition coefficient (Wildman–Crippen LogP) is 1.44. The van der Waals surface area contributed by atoms with Gasteiger partial charge in [0.05, 0.1) is 12.7 Å². The molecule has 0 bridgehead atoms. The molecule has 0 amide bonds. The Morgan fingerprint density at radius 3 is 1.36 bits per heavy atom. The van der Waals surface area contributed by atoms with Crippen LogP contribution in [0.1, 0.15) is 0 Å². The van der Waals surface area contributed by atoms with E-state index in [9.17, 15) is 0 Å². The molecule has 2 rings (SSSR count). The van der Waals surface area contributed by atoms with E-state index in [-0.39, 0.29) is 24.0 Å². The number of halogens is 1. The molecular weight excluding hydrogens is 255 g/mol. The smallest absolute Gasteiger partial charge is 0.0919 e. The summed E-state index contributed by atoms with van der Waals surface area (Å²) in [7, 11) is 0. The first kappa shape index (κ1) is 10.2. The standard InChI is InChI=1S/2C3H4N2.HI/c2*1-2-5-3-4-1;/h2*1-3H,(H,4,5);1H. The van der Waals surface area contributed by atoms with E-state index in [1.807, 2.05) is 0 Å². The van der Waals surface area contributed by atoms with Crippen molar-refractivity contribution in [2.45, 2.75) is 0 Å². The zero-order valence-electron chi connectivity index (χ0n) is 5.77. The van der Waals surface area contributed by atoms with Crippen molar-refractivity contribution in [3.05, 3.63) is 37.4 Å². The summed E-state index contributed by atoms with van der Waals surface area (Å²) >= 11 is 0. The monoisotopic (exact) mass is 264 g/mol. The van der Waals surface area contributed by atoms with E-state index in [1.54, 1.807) is 37.4 Å². The van der Waals surface area contributed by atoms with Gasteiger partial charge in [-0.1, -0.05) is 0 Å². The summed E-state index contributed by atoms with van der Waals surface area (Å²) in [6.07, 6.45) is 10.2. The maximum atomic E-state index is 3.67. The SMILES string of the molecule is I.c1c[nH]cn1.c1c[nH]cn1. The first-order valence-electron chi connectivity index (χ1n) is 2.85. The van der Waals surface area contributed by atoms with Crippen LogP contribution in [0.25, 0.3) is 0 Å². The van der Waals surface area contributed by atoms with Gasteiger partial charge in [0.1, 0.15) is 0 Å². The molecular formula is C6H9IN4. The Hall–Kier alpha value is -0.850. The number of H-pyrrole nitrogens is 2. The molecule has 11 heavy (non-hydrogen) atoms. The van der Waals surface area contributed by atoms with Gasteiger partial charge in [0.15, 0.2) is 0 Å². The normalized spacial score (nSPS) is 7.27. The van der Waals surface area contributed by atoms with E-state index in [0.29, 0.717) is 0 Å². The van der Waals surface area contributed by atoms with E-state index in [2.05, 4.69) is 19.9 Å². The van der Waals surface area contributed by atoms with Crippen LogP contribution in [0.15, 0.2) is 37.4 Å². The van der Waals surface area contributed by atoms with Crippen LogP contribution in [-0.2, 0) is 0 Å². The molecule has 0 aliphatic heterocycles. The van der Waals surface area contributed by atoms with Crippen LogP contribution in [0.2, 0.25) is 0 Å². The van der Waals surface area contributed by atoms with Crippen molar-refractivity contribution < 1.29 is 0 Å². The van der Waals surface area contributed by atoms with Crippen LogP contribution in [0.3, 0.4) is 0 Å². The highest BCUT2D eigenvalue weighted by molar-refractivity contribution is 14.0. The fourth-order valence-electron chi connectivity index (χ4n) is 0.430. The number of imidazole rings is 2. The topological polar surface area (TPSA) is 57.4 Å². The molecule has 0 saturated heterocycles. The lowest BCUT2D eigenvalue weighted by molar-refractivity contribution is 1.31. The minimum absolute atomic E-state index is 0. The summed E-state index contributed by atoms with van der Waals surface area (Å²) in [4.78, 5) is 12.8. The van der Waals surface area contributed by atoms with Crippen molar-refractivity contribution >= 4 is 24.0 Å². The van der Waals surface area contributed by atoms with Crippen LogP contribution >= 0.6 is 24.0 Å². The third-order valence-electron chi connectivity index (χ3n) is 0.812. The Labute approximate surface area is 81.5 Å². The Kier molecular flexibility index (Phi) is 6.70. The number of hydrogen-bond donors (Lipinski definition) is 2. The van der Waals surface area contributed by atoms with Crippen LogP contribution in [0.4, 0.5) is 0 Å². The Morgan fingerprint density at radius 1 is 0.818 bits per heavy atom. The zero-order valence-corrected chi connectivity index (χ0v) is 8.10. The second-order valence-electron chi connectivity index (χ2n) is 1.52. The maximum absolute atomic E-state index is 3.67. The summed E-state index contributed by atoms with van der Waals surface area (Å²) in [5.74, 6) is 0. The fourth-order valence-corrected chi connectivity index (χ4v) is 0.430. The van der Waals surface area contributed by atoms with Gasteiger partial charge in [-0.2, -0.15) is 0 Å². The van der Waals surface area contributed by atoms with E-state index >= 15 is 0 Å². The average Bonchev–Trinajstić information content (AvgIpc) is 2.67. The van der Waals surface area contributed by atoms with Crippen molar-refractivity contribution in [3.63, 3.8) is 0 Å². The van der Waals surface area contributed by atoms with Crippen LogP contribution < -0.4 is 0 Å². The summed E-state index contributed by atoms with van der Waals surface area (Å²) in [6.45, 7) is 0. The Balaban J connectivity index is 0.000000167. The van der Waals surface area contributed by atoms with Gasteiger partial charge in [0.2, 0.25) is 0 Å². The molecule has 0 spiro atoms. The molecule has 5 heteroatoms. The van der Waals surface area contributed by atoms with Gasteiger partial charge in [-0.15, -0.1) is 24.0 Å². The van der Waals surface area contributed by atoms with E-state index in [1.165, 1.54) is 0 Å². The van der Waals surface area contributed by atoms with Crippen molar-refractivity contribution in [2.24, 2.45) is 0 Å². The summed E-state index contributed by atoms with van der Waals surface area (Å²) < 4.78 is 0. The third-order valence-corrected chi connectivity index (χ3v) is 0.812. The van der Waals surface area contributed by atoms with E-state index in [4.69, 9.17) is 0 Å². The highest BCUT2D eigenvalue weighted by atomic mass is 127. The molecule has 4 nitrogen and oxygen atoms in total. The molecule has 2 aromatic rings. The Morgan fingerprint density at radius 2 is 1.27 bits per heavy atom. The molecule has 0 aromatic carbocycles. The first-order chi connectivity index (χ1) is 5.00. The van der Waals surface area contributed by atoms with Gasteiger partial charge in [-0.25, -0.2) is 9.97 Å². The largest absolute Gasteiger partial charge is 0.351 e. The minimum atomic E-state index is 0. The molecule has 0 radical (unpaired) electrons. The van der Waals surface area contributed by atoms with Crippen molar-refractivity contribution in [2.75, 3.05) is 0 Å². The highest BCUT2D eigenvalue weighted by Gasteiger charge is 1.56. The molecule has 0 unspecified atom stereocenters. The van der Waals surface area contributed by atoms with E-state index < -0.39 is 0 Å². The first-order valence-corrected chi connectivity index (χ1v) is 2.85. The summed E-state index contributed by atoms with van der Waals surface area (Å²) in [5, 5.41) is 0. The predicted molar refractivity (Wildman–Crippen MR) is 52.6 cm³/mol. The van der Waals surface area contributed by atoms with Gasteiger partial charge in [-0.05, 0) is 0 Å². The molecule has 2 aromatic heterocycles. The lowest BCUT2D eigenvalue weighted by Gasteiger charge is -1.46. The van der Waals surface area contributed by atoms with Crippen molar-refractivity contribution in [1.82, 2.24) is 19.9 Å². The number of aromatic nitrogens is 4. The number of aromatic amines is 2. The lowest BCUT2D eigenvalue weighted by atomic mass is 11.0. The quantitative estimate of drug-likeness (QED) is 0.707. The molecule has 0 aliphatic rings. The second-order valence-corrected chi connectivity index (χ2v) is 1.52. The van der Waals surface area contributed by atoms with Crippen LogP contribution in [-0.4, -0.2) is 19.9 Å². The van der Waals surface area contributed by atoms with E-state index in [0.717, 1.165) is 0 Å². The third kappa shape index (κ3) is 5.59. The number of nitrogens with zero attached hydrogens (tertiary/aromatic N) is 2. The number of rotatable bonds is 0. The number of nitrogens with one attached hydrogen (secondary N) is 2. The summed E-state index contributed by atoms with van der Waals surface area (Å²) in [5.41, 5.74) is 0. The van der Waals surface area contributed by atoms with Gasteiger partial charge in [0.25, 0.3) is 0 Å². The Bertz CT molecular complexity index is 154. The molecule has 2 N–H and O–H groups in total. The minimum Gasteiger partial charge on any atom is -0.351 e. The maximum Gasteiger partial charge on any atom is 0.0919 e. The molecule has 2 heterocycles. The van der Waals surface area contributed by atoms with Crippen LogP contribution in [0, 0.1) is 0 Å². The number of hydrogen-bond acceptors (Lipinski definition) is 2. The van der Waals surface area contributed by atoms with Crippen molar-refractivity contribution in [3.8, 4) is 0 Å². The molecule has 60 valence electrons. The van der Waals surface area contributed by atoms with Gasteiger partial charge >= 0.3 is 0 Å². The van der Waals surface area contributed by atoms with Gasteiger partial charge in [0, 0.05) is 24.8 Å². The highest BCUT2D eigenvalue weighted by Crippen LogP contribution is 1.63.